The molecule has 0 heterocycles. The topological polar surface area (TPSA) is 123 Å². The average molecular weight is 275 g/mol. The molecule has 1 rings (SSSR count). The molecule has 0 fully saturated rings. The van der Waals surface area contributed by atoms with E-state index in [0.717, 1.165) is 12.1 Å². The Morgan fingerprint density at radius 2 is 2.00 bits per heavy atom. The first kappa shape index (κ1) is 14.4. The van der Waals surface area contributed by atoms with E-state index in [9.17, 15) is 22.5 Å². The second-order valence-electron chi connectivity index (χ2n) is 3.40. The zero-order chi connectivity index (χ0) is 13.8. The van der Waals surface area contributed by atoms with E-state index in [1.165, 1.54) is 12.1 Å². The first-order valence-electron chi connectivity index (χ1n) is 4.78. The van der Waals surface area contributed by atoms with Crippen molar-refractivity contribution in [2.24, 2.45) is 5.11 Å². The van der Waals surface area contributed by atoms with Crippen molar-refractivity contribution in [1.82, 2.24) is 0 Å². The van der Waals surface area contributed by atoms with Gasteiger partial charge in [0, 0.05) is 10.5 Å². The van der Waals surface area contributed by atoms with E-state index in [0.29, 0.717) is 0 Å². The second kappa shape index (κ2) is 5.78. The van der Waals surface area contributed by atoms with Crippen LogP contribution in [0.15, 0.2) is 34.3 Å². The molecular weight excluding hydrogens is 265 g/mol. The van der Waals surface area contributed by atoms with Crippen LogP contribution in [-0.4, -0.2) is 31.3 Å². The number of azide groups is 1. The molecule has 18 heavy (non-hydrogen) atoms. The maximum atomic E-state index is 13.0. The third-order valence-electron chi connectivity index (χ3n) is 2.20. The van der Waals surface area contributed by atoms with Gasteiger partial charge in [-0.2, -0.15) is 8.42 Å². The van der Waals surface area contributed by atoms with Crippen molar-refractivity contribution in [2.75, 3.05) is 6.54 Å². The molecule has 1 aromatic carbocycles. The van der Waals surface area contributed by atoms with Gasteiger partial charge in [0.2, 0.25) is 0 Å². The van der Waals surface area contributed by atoms with E-state index in [-0.39, 0.29) is 5.56 Å². The number of benzene rings is 1. The lowest BCUT2D eigenvalue weighted by Crippen LogP contribution is -2.22. The number of aliphatic hydroxyl groups excluding tert-OH is 2. The molecule has 9 heteroatoms. The van der Waals surface area contributed by atoms with Gasteiger partial charge in [-0.1, -0.05) is 23.3 Å². The summed E-state index contributed by atoms with van der Waals surface area (Å²) in [5.41, 5.74) is 7.77. The van der Waals surface area contributed by atoms with E-state index in [1.807, 2.05) is 0 Å². The van der Waals surface area contributed by atoms with E-state index in [1.54, 1.807) is 0 Å². The van der Waals surface area contributed by atoms with Crippen LogP contribution in [0.4, 0.5) is 3.89 Å². The number of halogens is 1. The minimum Gasteiger partial charge on any atom is -0.390 e. The number of aliphatic hydroxyl groups is 2. The second-order valence-corrected chi connectivity index (χ2v) is 4.72. The van der Waals surface area contributed by atoms with E-state index >= 15 is 0 Å². The quantitative estimate of drug-likeness (QED) is 0.360. The molecular formula is C9H10FN3O4S. The molecule has 0 saturated carbocycles. The molecule has 0 aliphatic heterocycles. The number of hydrogen-bond donors (Lipinski definition) is 2. The predicted molar refractivity (Wildman–Crippen MR) is 59.7 cm³/mol. The molecule has 0 bridgehead atoms. The summed E-state index contributed by atoms with van der Waals surface area (Å²) in [7, 11) is -5.01. The Kier molecular flexibility index (Phi) is 4.62. The van der Waals surface area contributed by atoms with Crippen LogP contribution in [0.1, 0.15) is 11.7 Å². The molecule has 0 amide bonds. The van der Waals surface area contributed by atoms with Gasteiger partial charge < -0.3 is 10.2 Å². The van der Waals surface area contributed by atoms with Gasteiger partial charge in [-0.15, -0.1) is 3.89 Å². The van der Waals surface area contributed by atoms with Crippen LogP contribution >= 0.6 is 0 Å². The first-order valence-corrected chi connectivity index (χ1v) is 6.17. The van der Waals surface area contributed by atoms with Crippen LogP contribution in [-0.2, 0) is 10.2 Å². The van der Waals surface area contributed by atoms with Crippen LogP contribution in [0, 0.1) is 0 Å². The van der Waals surface area contributed by atoms with Crippen molar-refractivity contribution < 1.29 is 22.5 Å². The lowest BCUT2D eigenvalue weighted by atomic mass is 10.0. The SMILES string of the molecule is [N-]=[N+]=NCC(O)C(O)c1ccccc1S(=O)(=O)F. The summed E-state index contributed by atoms with van der Waals surface area (Å²) in [4.78, 5) is 1.66. The minimum absolute atomic E-state index is 0.291. The molecule has 0 aliphatic rings. The third-order valence-corrected chi connectivity index (χ3v) is 3.09. The standard InChI is InChI=1S/C9H10FN3O4S/c10-18(16,17)8-4-2-1-3-6(8)9(15)7(14)5-12-13-11/h1-4,7,9,14-15H,5H2. The summed E-state index contributed by atoms with van der Waals surface area (Å²) in [5.74, 6) is 0. The summed E-state index contributed by atoms with van der Waals surface area (Å²) >= 11 is 0. The largest absolute Gasteiger partial charge is 0.390 e. The molecule has 0 aromatic heterocycles. The highest BCUT2D eigenvalue weighted by molar-refractivity contribution is 7.86. The number of hydrogen-bond acceptors (Lipinski definition) is 5. The first-order chi connectivity index (χ1) is 8.38. The third kappa shape index (κ3) is 3.41. The summed E-state index contributed by atoms with van der Waals surface area (Å²) in [5, 5.41) is 22.2. The molecule has 1 aromatic rings. The summed E-state index contributed by atoms with van der Waals surface area (Å²) in [6, 6.07) is 4.79. The number of nitrogens with zero attached hydrogens (tertiary/aromatic N) is 3. The highest BCUT2D eigenvalue weighted by atomic mass is 32.3. The van der Waals surface area contributed by atoms with Crippen LogP contribution in [0.2, 0.25) is 0 Å². The fourth-order valence-corrected chi connectivity index (χ4v) is 2.09. The average Bonchev–Trinajstić information content (AvgIpc) is 2.34. The van der Waals surface area contributed by atoms with Crippen molar-refractivity contribution in [3.63, 3.8) is 0 Å². The van der Waals surface area contributed by atoms with Crippen molar-refractivity contribution in [2.45, 2.75) is 17.1 Å². The van der Waals surface area contributed by atoms with Gasteiger partial charge in [-0.3, -0.25) is 0 Å². The molecule has 2 unspecified atom stereocenters. The Balaban J connectivity index is 3.13. The van der Waals surface area contributed by atoms with Gasteiger partial charge >= 0.3 is 10.2 Å². The van der Waals surface area contributed by atoms with E-state index in [2.05, 4.69) is 10.0 Å². The maximum Gasteiger partial charge on any atom is 0.332 e. The molecule has 0 radical (unpaired) electrons. The predicted octanol–water partition coefficient (Wildman–Crippen LogP) is 1.05. The van der Waals surface area contributed by atoms with Gasteiger partial charge in [0.05, 0.1) is 12.6 Å². The Morgan fingerprint density at radius 1 is 1.39 bits per heavy atom. The molecule has 98 valence electrons. The van der Waals surface area contributed by atoms with Crippen LogP contribution in [0.3, 0.4) is 0 Å². The van der Waals surface area contributed by atoms with Gasteiger partial charge in [0.15, 0.2) is 0 Å². The van der Waals surface area contributed by atoms with Crippen molar-refractivity contribution in [3.8, 4) is 0 Å². The molecule has 0 aliphatic carbocycles. The zero-order valence-corrected chi connectivity index (χ0v) is 9.83. The van der Waals surface area contributed by atoms with Gasteiger partial charge in [-0.25, -0.2) is 0 Å². The molecule has 2 atom stereocenters. The van der Waals surface area contributed by atoms with Gasteiger partial charge in [-0.05, 0) is 11.6 Å². The maximum absolute atomic E-state index is 13.0. The van der Waals surface area contributed by atoms with E-state index in [4.69, 9.17) is 5.53 Å². The Hall–Kier alpha value is -1.67. The lowest BCUT2D eigenvalue weighted by molar-refractivity contribution is 0.0227. The van der Waals surface area contributed by atoms with Gasteiger partial charge in [0.1, 0.15) is 11.0 Å². The Bertz CT molecular complexity index is 571. The van der Waals surface area contributed by atoms with E-state index < -0.39 is 33.9 Å². The fourth-order valence-electron chi connectivity index (χ4n) is 1.37. The van der Waals surface area contributed by atoms with Crippen molar-refractivity contribution in [1.29, 1.82) is 0 Å². The smallest absolute Gasteiger partial charge is 0.332 e. The highest BCUT2D eigenvalue weighted by Gasteiger charge is 2.25. The Morgan fingerprint density at radius 3 is 2.56 bits per heavy atom. The fraction of sp³-hybridized carbons (Fsp3) is 0.333. The van der Waals surface area contributed by atoms with Gasteiger partial charge in [0.25, 0.3) is 0 Å². The van der Waals surface area contributed by atoms with Crippen molar-refractivity contribution >= 4 is 10.2 Å². The molecule has 7 nitrogen and oxygen atoms in total. The van der Waals surface area contributed by atoms with Crippen LogP contribution in [0.25, 0.3) is 10.4 Å². The summed E-state index contributed by atoms with van der Waals surface area (Å²) in [6.45, 7) is -0.460. The lowest BCUT2D eigenvalue weighted by Gasteiger charge is -2.17. The summed E-state index contributed by atoms with van der Waals surface area (Å²) in [6.07, 6.45) is -3.19. The van der Waals surface area contributed by atoms with Crippen LogP contribution < -0.4 is 0 Å². The summed E-state index contributed by atoms with van der Waals surface area (Å²) < 4.78 is 34.7. The highest BCUT2D eigenvalue weighted by Crippen LogP contribution is 2.26. The normalized spacial score (nSPS) is 14.6. The van der Waals surface area contributed by atoms with Crippen LogP contribution in [0.5, 0.6) is 0 Å². The zero-order valence-electron chi connectivity index (χ0n) is 9.01. The molecule has 0 saturated heterocycles. The monoisotopic (exact) mass is 275 g/mol. The number of rotatable bonds is 5. The van der Waals surface area contributed by atoms with Crippen molar-refractivity contribution in [3.05, 3.63) is 40.3 Å². The Labute approximate surface area is 102 Å². The molecule has 2 N–H and O–H groups in total. The molecule has 0 spiro atoms. The minimum atomic E-state index is -5.01.